The van der Waals surface area contributed by atoms with E-state index >= 15 is 0 Å². The number of benzene rings is 1. The van der Waals surface area contributed by atoms with Gasteiger partial charge >= 0.3 is 5.97 Å². The third kappa shape index (κ3) is 2.53. The van der Waals surface area contributed by atoms with Crippen LogP contribution in [0, 0.1) is 0 Å². The second-order valence-electron chi connectivity index (χ2n) is 4.88. The number of hydrogen-bond acceptors (Lipinski definition) is 5. The lowest BCUT2D eigenvalue weighted by Crippen LogP contribution is -2.42. The van der Waals surface area contributed by atoms with Crippen LogP contribution in [0.4, 0.5) is 0 Å². The molecular weight excluding hydrogens is 258 g/mol. The van der Waals surface area contributed by atoms with E-state index in [9.17, 15) is 4.79 Å². The van der Waals surface area contributed by atoms with E-state index in [0.717, 1.165) is 17.8 Å². The van der Waals surface area contributed by atoms with Crippen molar-refractivity contribution in [1.29, 1.82) is 0 Å². The lowest BCUT2D eigenvalue weighted by Gasteiger charge is -2.25. The molecule has 0 saturated carbocycles. The van der Waals surface area contributed by atoms with Gasteiger partial charge in [0.05, 0.1) is 0 Å². The van der Waals surface area contributed by atoms with Crippen LogP contribution >= 0.6 is 0 Å². The van der Waals surface area contributed by atoms with E-state index in [1.807, 2.05) is 18.2 Å². The van der Waals surface area contributed by atoms with Crippen LogP contribution in [0.25, 0.3) is 0 Å². The van der Waals surface area contributed by atoms with Crippen LogP contribution in [0.2, 0.25) is 0 Å². The molecule has 0 bridgehead atoms. The number of H-pyrrole nitrogens is 1. The summed E-state index contributed by atoms with van der Waals surface area (Å²) in [4.78, 5) is 11.1. The first-order chi connectivity index (χ1) is 9.74. The van der Waals surface area contributed by atoms with Crippen molar-refractivity contribution in [1.82, 2.24) is 25.9 Å². The van der Waals surface area contributed by atoms with Gasteiger partial charge in [0.2, 0.25) is 0 Å². The third-order valence-electron chi connectivity index (χ3n) is 3.64. The fraction of sp³-hybridized carbons (Fsp3) is 0.385. The summed E-state index contributed by atoms with van der Waals surface area (Å²) in [7, 11) is 0. The Morgan fingerprint density at radius 3 is 3.05 bits per heavy atom. The van der Waals surface area contributed by atoms with Crippen molar-refractivity contribution in [2.45, 2.75) is 31.8 Å². The predicted octanol–water partition coefficient (Wildman–Crippen LogP) is 0.0838. The van der Waals surface area contributed by atoms with Gasteiger partial charge in [-0.2, -0.15) is 0 Å². The van der Waals surface area contributed by atoms with E-state index in [4.69, 9.17) is 5.11 Å². The van der Waals surface area contributed by atoms with Crippen molar-refractivity contribution < 1.29 is 9.90 Å². The molecule has 3 rings (SSSR count). The number of aliphatic carboxylic acids is 1. The predicted molar refractivity (Wildman–Crippen MR) is 70.0 cm³/mol. The minimum atomic E-state index is -0.801. The fourth-order valence-electron chi connectivity index (χ4n) is 2.57. The topological polar surface area (TPSA) is 104 Å². The van der Waals surface area contributed by atoms with Crippen LogP contribution in [0.1, 0.15) is 22.5 Å². The smallest absolute Gasteiger partial charge is 0.321 e. The minimum absolute atomic E-state index is 0.504. The van der Waals surface area contributed by atoms with Crippen LogP contribution in [0.3, 0.4) is 0 Å². The molecule has 20 heavy (non-hydrogen) atoms. The van der Waals surface area contributed by atoms with E-state index in [1.165, 1.54) is 11.1 Å². The van der Waals surface area contributed by atoms with Gasteiger partial charge < -0.3 is 10.4 Å². The third-order valence-corrected chi connectivity index (χ3v) is 3.64. The summed E-state index contributed by atoms with van der Waals surface area (Å²) in [6.07, 6.45) is 2.04. The molecule has 1 atom stereocenters. The highest BCUT2D eigenvalue weighted by Crippen LogP contribution is 2.22. The number of aryl methyl sites for hydroxylation is 2. The Balaban J connectivity index is 1.80. The Hall–Kier alpha value is -2.28. The van der Waals surface area contributed by atoms with Crippen molar-refractivity contribution in [2.75, 3.05) is 0 Å². The van der Waals surface area contributed by atoms with Gasteiger partial charge in [-0.15, -0.1) is 5.10 Å². The molecule has 7 heteroatoms. The van der Waals surface area contributed by atoms with E-state index in [-0.39, 0.29) is 0 Å². The molecule has 0 fully saturated rings. The van der Waals surface area contributed by atoms with Gasteiger partial charge in [-0.3, -0.25) is 4.79 Å². The maximum Gasteiger partial charge on any atom is 0.321 e. The highest BCUT2D eigenvalue weighted by molar-refractivity contribution is 5.74. The van der Waals surface area contributed by atoms with Crippen molar-refractivity contribution in [3.63, 3.8) is 0 Å². The van der Waals surface area contributed by atoms with Crippen LogP contribution in [-0.2, 0) is 30.6 Å². The average molecular weight is 273 g/mol. The SMILES string of the molecule is O=C(O)C1Cc2c(CCc3nnn[nH]3)cccc2CN1. The van der Waals surface area contributed by atoms with E-state index in [0.29, 0.717) is 19.4 Å². The minimum Gasteiger partial charge on any atom is -0.480 e. The summed E-state index contributed by atoms with van der Waals surface area (Å²) in [5, 5.41) is 25.9. The number of fused-ring (bicyclic) bond motifs is 1. The zero-order valence-electron chi connectivity index (χ0n) is 10.8. The van der Waals surface area contributed by atoms with Gasteiger partial charge in [-0.05, 0) is 40.0 Å². The van der Waals surface area contributed by atoms with Gasteiger partial charge in [0.15, 0.2) is 0 Å². The number of rotatable bonds is 4. The fourth-order valence-corrected chi connectivity index (χ4v) is 2.57. The summed E-state index contributed by atoms with van der Waals surface area (Å²) < 4.78 is 0. The Labute approximate surface area is 115 Å². The second-order valence-corrected chi connectivity index (χ2v) is 4.88. The number of aromatic nitrogens is 4. The number of nitrogens with zero attached hydrogens (tertiary/aromatic N) is 3. The quantitative estimate of drug-likeness (QED) is 0.729. The molecule has 0 radical (unpaired) electrons. The van der Waals surface area contributed by atoms with Crippen LogP contribution in [-0.4, -0.2) is 37.7 Å². The molecule has 7 nitrogen and oxygen atoms in total. The average Bonchev–Trinajstić information content (AvgIpc) is 2.97. The molecular formula is C13H15N5O2. The first-order valence-corrected chi connectivity index (χ1v) is 6.52. The Morgan fingerprint density at radius 2 is 2.30 bits per heavy atom. The normalized spacial score (nSPS) is 17.7. The van der Waals surface area contributed by atoms with Crippen molar-refractivity contribution in [2.24, 2.45) is 0 Å². The lowest BCUT2D eigenvalue weighted by atomic mass is 9.89. The van der Waals surface area contributed by atoms with Crippen molar-refractivity contribution in [3.05, 3.63) is 40.7 Å². The van der Waals surface area contributed by atoms with E-state index in [2.05, 4.69) is 25.9 Å². The summed E-state index contributed by atoms with van der Waals surface area (Å²) in [6.45, 7) is 0.601. The maximum absolute atomic E-state index is 11.1. The molecule has 0 aliphatic carbocycles. The number of tetrazole rings is 1. The number of hydrogen-bond donors (Lipinski definition) is 3. The molecule has 104 valence electrons. The van der Waals surface area contributed by atoms with E-state index in [1.54, 1.807) is 0 Å². The van der Waals surface area contributed by atoms with E-state index < -0.39 is 12.0 Å². The molecule has 1 aliphatic heterocycles. The molecule has 1 unspecified atom stereocenters. The number of carboxylic acid groups (broad SMARTS) is 1. The van der Waals surface area contributed by atoms with Gasteiger partial charge in [0.25, 0.3) is 0 Å². The molecule has 2 aromatic rings. The number of carboxylic acids is 1. The molecule has 0 saturated heterocycles. The molecule has 0 spiro atoms. The Morgan fingerprint density at radius 1 is 1.40 bits per heavy atom. The highest BCUT2D eigenvalue weighted by atomic mass is 16.4. The largest absolute Gasteiger partial charge is 0.480 e. The van der Waals surface area contributed by atoms with Gasteiger partial charge in [0.1, 0.15) is 11.9 Å². The first-order valence-electron chi connectivity index (χ1n) is 6.52. The van der Waals surface area contributed by atoms with Crippen LogP contribution in [0.15, 0.2) is 18.2 Å². The summed E-state index contributed by atoms with van der Waals surface area (Å²) in [5.74, 6) is -0.0591. The summed E-state index contributed by atoms with van der Waals surface area (Å²) in [5.41, 5.74) is 3.49. The maximum atomic E-state index is 11.1. The molecule has 1 aromatic heterocycles. The van der Waals surface area contributed by atoms with Gasteiger partial charge in [-0.1, -0.05) is 18.2 Å². The number of nitrogens with one attached hydrogen (secondary N) is 2. The zero-order valence-corrected chi connectivity index (χ0v) is 10.8. The van der Waals surface area contributed by atoms with Crippen molar-refractivity contribution >= 4 is 5.97 Å². The number of aromatic amines is 1. The summed E-state index contributed by atoms with van der Waals surface area (Å²) >= 11 is 0. The Bertz CT molecular complexity index is 611. The highest BCUT2D eigenvalue weighted by Gasteiger charge is 2.25. The lowest BCUT2D eigenvalue weighted by molar-refractivity contribution is -0.139. The Kier molecular flexibility index (Phi) is 3.42. The van der Waals surface area contributed by atoms with Gasteiger partial charge in [-0.25, -0.2) is 5.10 Å². The van der Waals surface area contributed by atoms with Crippen molar-refractivity contribution in [3.8, 4) is 0 Å². The number of carbonyl (C=O) groups is 1. The molecule has 3 N–H and O–H groups in total. The molecule has 2 heterocycles. The van der Waals surface area contributed by atoms with Gasteiger partial charge in [0, 0.05) is 13.0 Å². The molecule has 1 aliphatic rings. The zero-order chi connectivity index (χ0) is 13.9. The standard InChI is InChI=1S/C13H15N5O2/c19-13(20)11-6-10-8(2-1-3-9(10)7-14-11)4-5-12-15-17-18-16-12/h1-3,11,14H,4-7H2,(H,19,20)(H,15,16,17,18). The molecule has 1 aromatic carbocycles. The first kappa shape index (κ1) is 12.7. The van der Waals surface area contributed by atoms with Crippen LogP contribution in [0.5, 0.6) is 0 Å². The monoisotopic (exact) mass is 273 g/mol. The van der Waals surface area contributed by atoms with Crippen LogP contribution < -0.4 is 5.32 Å². The second kappa shape index (κ2) is 5.38. The molecule has 0 amide bonds. The summed E-state index contributed by atoms with van der Waals surface area (Å²) in [6, 6.07) is 5.60.